The highest BCUT2D eigenvalue weighted by atomic mass is 32.1. The first-order valence-corrected chi connectivity index (χ1v) is 10.6. The lowest BCUT2D eigenvalue weighted by Crippen LogP contribution is -2.30. The molecule has 0 aliphatic carbocycles. The van der Waals surface area contributed by atoms with Crippen LogP contribution in [-0.4, -0.2) is 21.8 Å². The third-order valence-electron chi connectivity index (χ3n) is 5.62. The summed E-state index contributed by atoms with van der Waals surface area (Å²) in [7, 11) is 1.64. The van der Waals surface area contributed by atoms with Crippen LogP contribution in [0.4, 0.5) is 10.1 Å². The zero-order chi connectivity index (χ0) is 22.1. The van der Waals surface area contributed by atoms with Crippen LogP contribution in [-0.2, 0) is 0 Å². The summed E-state index contributed by atoms with van der Waals surface area (Å²) in [4.78, 5) is 6.63. The molecule has 32 heavy (non-hydrogen) atoms. The van der Waals surface area contributed by atoms with Crippen molar-refractivity contribution in [3.05, 3.63) is 108 Å². The summed E-state index contributed by atoms with van der Waals surface area (Å²) in [5, 5.41) is 4.00. The summed E-state index contributed by atoms with van der Waals surface area (Å²) < 4.78 is 22.0. The molecule has 1 aliphatic rings. The van der Waals surface area contributed by atoms with E-state index < -0.39 is 0 Å². The Bertz CT molecular complexity index is 1260. The zero-order valence-corrected chi connectivity index (χ0v) is 18.2. The third-order valence-corrected chi connectivity index (χ3v) is 5.94. The van der Waals surface area contributed by atoms with Crippen molar-refractivity contribution >= 4 is 23.0 Å². The molecule has 1 saturated heterocycles. The molecule has 5 nitrogen and oxygen atoms in total. The number of rotatable bonds is 5. The van der Waals surface area contributed by atoms with Gasteiger partial charge in [-0.25, -0.2) is 4.39 Å². The predicted octanol–water partition coefficient (Wildman–Crippen LogP) is 5.20. The molecule has 3 heterocycles. The number of pyridine rings is 1. The van der Waals surface area contributed by atoms with Gasteiger partial charge in [-0.3, -0.25) is 4.98 Å². The number of anilines is 1. The Morgan fingerprint density at radius 2 is 1.84 bits per heavy atom. The number of benzene rings is 2. The molecule has 0 spiro atoms. The van der Waals surface area contributed by atoms with Crippen LogP contribution in [0.15, 0.2) is 91.3 Å². The molecule has 160 valence electrons. The molecule has 2 aromatic heterocycles. The van der Waals surface area contributed by atoms with Crippen molar-refractivity contribution in [2.75, 3.05) is 12.0 Å². The highest BCUT2D eigenvalue weighted by molar-refractivity contribution is 7.80. The van der Waals surface area contributed by atoms with Gasteiger partial charge in [-0.1, -0.05) is 24.3 Å². The Labute approximate surface area is 191 Å². The van der Waals surface area contributed by atoms with E-state index in [1.165, 1.54) is 6.07 Å². The zero-order valence-electron chi connectivity index (χ0n) is 17.4. The smallest absolute Gasteiger partial charge is 0.174 e. The first-order chi connectivity index (χ1) is 15.7. The number of hydrogen-bond acceptors (Lipinski definition) is 3. The molecule has 2 aromatic carbocycles. The molecule has 0 radical (unpaired) electrons. The van der Waals surface area contributed by atoms with Gasteiger partial charge in [-0.2, -0.15) is 0 Å². The number of aromatic nitrogens is 2. The van der Waals surface area contributed by atoms with Crippen LogP contribution in [0, 0.1) is 5.82 Å². The van der Waals surface area contributed by atoms with Crippen molar-refractivity contribution in [3.63, 3.8) is 0 Å². The summed E-state index contributed by atoms with van der Waals surface area (Å²) in [6.07, 6.45) is 3.63. The molecular formula is C25H21FN4OS. The summed E-state index contributed by atoms with van der Waals surface area (Å²) in [5.74, 6) is 0.440. The van der Waals surface area contributed by atoms with E-state index in [0.717, 1.165) is 22.8 Å². The van der Waals surface area contributed by atoms with Gasteiger partial charge in [0, 0.05) is 29.8 Å². The minimum atomic E-state index is -0.291. The van der Waals surface area contributed by atoms with Gasteiger partial charge in [0.2, 0.25) is 0 Å². The Kier molecular flexibility index (Phi) is 5.33. The van der Waals surface area contributed by atoms with E-state index in [2.05, 4.69) is 10.3 Å². The van der Waals surface area contributed by atoms with Crippen LogP contribution < -0.4 is 15.0 Å². The molecule has 7 heteroatoms. The molecule has 0 unspecified atom stereocenters. The van der Waals surface area contributed by atoms with Gasteiger partial charge in [0.1, 0.15) is 17.6 Å². The maximum Gasteiger partial charge on any atom is 0.174 e. The normalized spacial score (nSPS) is 17.9. The van der Waals surface area contributed by atoms with Crippen molar-refractivity contribution < 1.29 is 9.13 Å². The van der Waals surface area contributed by atoms with Gasteiger partial charge in [-0.15, -0.1) is 0 Å². The highest BCUT2D eigenvalue weighted by Crippen LogP contribution is 2.42. The van der Waals surface area contributed by atoms with Crippen LogP contribution in [0.1, 0.15) is 23.5 Å². The van der Waals surface area contributed by atoms with Crippen molar-refractivity contribution in [3.8, 4) is 11.4 Å². The second-order valence-electron chi connectivity index (χ2n) is 7.45. The molecule has 5 rings (SSSR count). The average Bonchev–Trinajstić information content (AvgIpc) is 3.44. The van der Waals surface area contributed by atoms with Gasteiger partial charge in [0.15, 0.2) is 5.11 Å². The number of nitrogens with zero attached hydrogens (tertiary/aromatic N) is 3. The van der Waals surface area contributed by atoms with Crippen molar-refractivity contribution in [1.82, 2.24) is 14.9 Å². The maximum atomic E-state index is 14.7. The number of ether oxygens (including phenoxy) is 1. The van der Waals surface area contributed by atoms with Crippen LogP contribution >= 0.6 is 12.2 Å². The Morgan fingerprint density at radius 3 is 2.62 bits per heavy atom. The molecule has 0 amide bonds. The number of thiocarbonyl (C=S) groups is 1. The predicted molar refractivity (Wildman–Crippen MR) is 127 cm³/mol. The number of para-hydroxylation sites is 1. The minimum Gasteiger partial charge on any atom is -0.497 e. The van der Waals surface area contributed by atoms with Crippen LogP contribution in [0.3, 0.4) is 0 Å². The summed E-state index contributed by atoms with van der Waals surface area (Å²) >= 11 is 5.78. The van der Waals surface area contributed by atoms with Crippen LogP contribution in [0.25, 0.3) is 5.69 Å². The summed E-state index contributed by atoms with van der Waals surface area (Å²) in [6.45, 7) is 0. The number of methoxy groups -OCH3 is 1. The topological polar surface area (TPSA) is 42.3 Å². The summed E-state index contributed by atoms with van der Waals surface area (Å²) in [6, 6.07) is 23.7. The molecule has 1 aliphatic heterocycles. The van der Waals surface area contributed by atoms with Crippen molar-refractivity contribution in [2.45, 2.75) is 12.1 Å². The van der Waals surface area contributed by atoms with Gasteiger partial charge < -0.3 is 19.5 Å². The lowest BCUT2D eigenvalue weighted by Gasteiger charge is -2.29. The molecule has 1 N–H and O–H groups in total. The second-order valence-corrected chi connectivity index (χ2v) is 7.84. The highest BCUT2D eigenvalue weighted by Gasteiger charge is 2.42. The number of hydrogen-bond donors (Lipinski definition) is 1. The van der Waals surface area contributed by atoms with Gasteiger partial charge in [0.05, 0.1) is 24.5 Å². The maximum absolute atomic E-state index is 14.7. The first-order valence-electron chi connectivity index (χ1n) is 10.2. The SMILES string of the molecule is COc1cccc(N2C(=S)N[C@H](c3ccccn3)[C@@H]2c2cccn2-c2ccccc2F)c1. The van der Waals surface area contributed by atoms with Crippen molar-refractivity contribution in [1.29, 1.82) is 0 Å². The largest absolute Gasteiger partial charge is 0.497 e. The standard InChI is InChI=1S/C25H21FN4OS/c1-31-18-9-6-8-17(16-18)30-24(23(28-25(30)32)20-11-4-5-14-27-20)22-13-7-15-29(22)21-12-3-2-10-19(21)26/h2-16,23-24H,1H3,(H,28,32)/t23-,24+/m1/s1. The van der Waals surface area contributed by atoms with Gasteiger partial charge in [-0.05, 0) is 60.7 Å². The Balaban J connectivity index is 1.68. The Hall–Kier alpha value is -3.71. The number of nitrogens with one attached hydrogen (secondary N) is 1. The minimum absolute atomic E-state index is 0.227. The Morgan fingerprint density at radius 1 is 1.00 bits per heavy atom. The van der Waals surface area contributed by atoms with Gasteiger partial charge in [0.25, 0.3) is 0 Å². The van der Waals surface area contributed by atoms with E-state index in [1.54, 1.807) is 25.4 Å². The molecular weight excluding hydrogens is 423 g/mol. The van der Waals surface area contributed by atoms with E-state index in [1.807, 2.05) is 76.3 Å². The first kappa shape index (κ1) is 20.2. The molecule has 0 bridgehead atoms. The average molecular weight is 445 g/mol. The third kappa shape index (κ3) is 3.50. The van der Waals surface area contributed by atoms with E-state index in [9.17, 15) is 4.39 Å². The van der Waals surface area contributed by atoms with Crippen molar-refractivity contribution in [2.24, 2.45) is 0 Å². The quantitative estimate of drug-likeness (QED) is 0.429. The molecule has 2 atom stereocenters. The monoisotopic (exact) mass is 444 g/mol. The fraction of sp³-hybridized carbons (Fsp3) is 0.120. The van der Waals surface area contributed by atoms with E-state index in [4.69, 9.17) is 17.0 Å². The fourth-order valence-corrected chi connectivity index (χ4v) is 4.54. The van der Waals surface area contributed by atoms with Crippen LogP contribution in [0.2, 0.25) is 0 Å². The lowest BCUT2D eigenvalue weighted by molar-refractivity contribution is 0.414. The van der Waals surface area contributed by atoms with E-state index >= 15 is 0 Å². The molecule has 1 fully saturated rings. The van der Waals surface area contributed by atoms with E-state index in [-0.39, 0.29) is 17.9 Å². The summed E-state index contributed by atoms with van der Waals surface area (Å²) in [5.41, 5.74) is 3.11. The lowest BCUT2D eigenvalue weighted by atomic mass is 10.0. The number of halogens is 1. The molecule has 0 saturated carbocycles. The van der Waals surface area contributed by atoms with Crippen LogP contribution in [0.5, 0.6) is 5.75 Å². The second kappa shape index (κ2) is 8.43. The van der Waals surface area contributed by atoms with Gasteiger partial charge >= 0.3 is 0 Å². The van der Waals surface area contributed by atoms with E-state index in [0.29, 0.717) is 10.8 Å². The fourth-order valence-electron chi connectivity index (χ4n) is 4.20. The molecule has 4 aromatic rings.